The monoisotopic (exact) mass is 288 g/mol. The van der Waals surface area contributed by atoms with Crippen LogP contribution in [0.3, 0.4) is 0 Å². The number of amides is 2. The topological polar surface area (TPSA) is 74.3 Å². The van der Waals surface area contributed by atoms with Gasteiger partial charge in [0.1, 0.15) is 11.4 Å². The lowest BCUT2D eigenvalue weighted by atomic mass is 9.98. The minimum atomic E-state index is -0.783. The van der Waals surface area contributed by atoms with Gasteiger partial charge in [0.2, 0.25) is 5.91 Å². The van der Waals surface area contributed by atoms with E-state index in [0.29, 0.717) is 11.9 Å². The number of pyridine rings is 1. The van der Waals surface area contributed by atoms with E-state index in [2.05, 4.69) is 15.6 Å². The highest BCUT2D eigenvalue weighted by molar-refractivity contribution is 6.06. The molecular formula is C15H20N4O2. The molecule has 2 heterocycles. The maximum Gasteiger partial charge on any atom is 0.251 e. The molecule has 0 aromatic carbocycles. The van der Waals surface area contributed by atoms with Gasteiger partial charge in [-0.05, 0) is 38.3 Å². The van der Waals surface area contributed by atoms with Crippen molar-refractivity contribution in [1.82, 2.24) is 15.6 Å². The van der Waals surface area contributed by atoms with E-state index in [1.54, 1.807) is 24.9 Å². The number of hydrogen-bond acceptors (Lipinski definition) is 5. The van der Waals surface area contributed by atoms with Crippen LogP contribution in [0.15, 0.2) is 18.3 Å². The Hall–Kier alpha value is -1.95. The smallest absolute Gasteiger partial charge is 0.251 e. The largest absolute Gasteiger partial charge is 0.333 e. The van der Waals surface area contributed by atoms with E-state index in [1.807, 2.05) is 12.1 Å². The molecular weight excluding hydrogens is 268 g/mol. The van der Waals surface area contributed by atoms with Crippen LogP contribution in [0.4, 0.5) is 5.82 Å². The second-order valence-corrected chi connectivity index (χ2v) is 6.20. The van der Waals surface area contributed by atoms with Crippen molar-refractivity contribution in [3.05, 3.63) is 23.9 Å². The molecule has 112 valence electrons. The summed E-state index contributed by atoms with van der Waals surface area (Å²) in [4.78, 5) is 29.7. The van der Waals surface area contributed by atoms with E-state index in [0.717, 1.165) is 12.1 Å². The van der Waals surface area contributed by atoms with Crippen molar-refractivity contribution < 1.29 is 9.59 Å². The molecule has 3 rings (SSSR count). The van der Waals surface area contributed by atoms with E-state index >= 15 is 0 Å². The van der Waals surface area contributed by atoms with E-state index in [-0.39, 0.29) is 18.4 Å². The molecule has 6 nitrogen and oxygen atoms in total. The highest BCUT2D eigenvalue weighted by atomic mass is 16.2. The summed E-state index contributed by atoms with van der Waals surface area (Å²) in [5.74, 6) is 0.0685. The van der Waals surface area contributed by atoms with Crippen molar-refractivity contribution in [2.24, 2.45) is 0 Å². The van der Waals surface area contributed by atoms with Gasteiger partial charge in [-0.2, -0.15) is 0 Å². The van der Waals surface area contributed by atoms with Crippen LogP contribution in [-0.2, 0) is 16.1 Å². The van der Waals surface area contributed by atoms with Crippen molar-refractivity contribution in [3.8, 4) is 0 Å². The number of imide groups is 1. The highest BCUT2D eigenvalue weighted by Crippen LogP contribution is 2.25. The fraction of sp³-hybridized carbons (Fsp3) is 0.533. The summed E-state index contributed by atoms with van der Waals surface area (Å²) in [5.41, 5.74) is 0.325. The molecule has 0 spiro atoms. The maximum absolute atomic E-state index is 11.9. The van der Waals surface area contributed by atoms with Crippen molar-refractivity contribution in [2.45, 2.75) is 44.8 Å². The third kappa shape index (κ3) is 2.90. The fourth-order valence-electron chi connectivity index (χ4n) is 2.38. The van der Waals surface area contributed by atoms with Gasteiger partial charge in [0.25, 0.3) is 5.91 Å². The fourth-order valence-corrected chi connectivity index (χ4v) is 2.38. The summed E-state index contributed by atoms with van der Waals surface area (Å²) in [5, 5.41) is 5.79. The number of rotatable bonds is 4. The normalized spacial score (nSPS) is 21.3. The summed E-state index contributed by atoms with van der Waals surface area (Å²) >= 11 is 0. The Balaban J connectivity index is 1.75. The van der Waals surface area contributed by atoms with Crippen molar-refractivity contribution >= 4 is 17.6 Å². The Labute approximate surface area is 123 Å². The molecule has 1 aromatic rings. The van der Waals surface area contributed by atoms with Gasteiger partial charge in [-0.25, -0.2) is 4.98 Å². The zero-order valence-corrected chi connectivity index (χ0v) is 12.3. The first-order valence-electron chi connectivity index (χ1n) is 7.27. The van der Waals surface area contributed by atoms with Crippen molar-refractivity contribution in [1.29, 1.82) is 0 Å². The van der Waals surface area contributed by atoms with Gasteiger partial charge in [0, 0.05) is 18.8 Å². The number of hydrogen-bond donors (Lipinski definition) is 2. The summed E-state index contributed by atoms with van der Waals surface area (Å²) in [6.07, 6.45) is 4.31. The Morgan fingerprint density at radius 3 is 2.76 bits per heavy atom. The molecule has 1 saturated carbocycles. The summed E-state index contributed by atoms with van der Waals surface area (Å²) in [6, 6.07) is 4.52. The first kappa shape index (κ1) is 14.0. The molecule has 1 aromatic heterocycles. The number of nitrogens with zero attached hydrogens (tertiary/aromatic N) is 2. The van der Waals surface area contributed by atoms with Gasteiger partial charge < -0.3 is 10.2 Å². The van der Waals surface area contributed by atoms with E-state index in [9.17, 15) is 9.59 Å². The summed E-state index contributed by atoms with van der Waals surface area (Å²) < 4.78 is 0. The lowest BCUT2D eigenvalue weighted by Crippen LogP contribution is -2.64. The second-order valence-electron chi connectivity index (χ2n) is 6.20. The highest BCUT2D eigenvalue weighted by Gasteiger charge is 2.41. The standard InChI is InChI=1S/C15H20N4O2/c1-15(2)14(21)18-13(20)9-19(15)12-6-3-10(8-17-12)7-16-11-4-5-11/h3,6,8,11,16H,4-5,7,9H2,1-2H3,(H,18,20,21). The number of carbonyl (C=O) groups is 2. The van der Waals surface area contributed by atoms with Gasteiger partial charge in [-0.15, -0.1) is 0 Å². The Kier molecular flexibility index (Phi) is 3.41. The Morgan fingerprint density at radius 2 is 2.14 bits per heavy atom. The zero-order chi connectivity index (χ0) is 15.0. The van der Waals surface area contributed by atoms with E-state index in [1.165, 1.54) is 12.8 Å². The lowest BCUT2D eigenvalue weighted by molar-refractivity contribution is -0.135. The second kappa shape index (κ2) is 5.11. The average Bonchev–Trinajstić information content (AvgIpc) is 3.26. The molecule has 0 radical (unpaired) electrons. The van der Waals surface area contributed by atoms with E-state index < -0.39 is 5.54 Å². The number of aromatic nitrogens is 1. The third-order valence-electron chi connectivity index (χ3n) is 4.04. The summed E-state index contributed by atoms with van der Waals surface area (Å²) in [7, 11) is 0. The molecule has 2 amide bonds. The summed E-state index contributed by atoms with van der Waals surface area (Å²) in [6.45, 7) is 4.53. The number of piperazine rings is 1. The molecule has 1 aliphatic heterocycles. The van der Waals surface area contributed by atoms with Crippen molar-refractivity contribution in [3.63, 3.8) is 0 Å². The molecule has 0 bridgehead atoms. The predicted molar refractivity (Wildman–Crippen MR) is 78.7 cm³/mol. The van der Waals surface area contributed by atoms with Crippen molar-refractivity contribution in [2.75, 3.05) is 11.4 Å². The Bertz CT molecular complexity index is 564. The maximum atomic E-state index is 11.9. The van der Waals surface area contributed by atoms with Gasteiger partial charge in [0.15, 0.2) is 0 Å². The number of nitrogens with one attached hydrogen (secondary N) is 2. The quantitative estimate of drug-likeness (QED) is 0.793. The van der Waals surface area contributed by atoms with Gasteiger partial charge in [0.05, 0.1) is 6.54 Å². The van der Waals surface area contributed by atoms with Gasteiger partial charge in [-0.3, -0.25) is 14.9 Å². The van der Waals surface area contributed by atoms with Crippen LogP contribution in [0.5, 0.6) is 0 Å². The molecule has 0 atom stereocenters. The molecule has 1 saturated heterocycles. The zero-order valence-electron chi connectivity index (χ0n) is 12.3. The molecule has 2 N–H and O–H groups in total. The predicted octanol–water partition coefficient (Wildman–Crippen LogP) is 0.575. The van der Waals surface area contributed by atoms with Gasteiger partial charge in [-0.1, -0.05) is 6.07 Å². The van der Waals surface area contributed by atoms with Crippen LogP contribution < -0.4 is 15.5 Å². The molecule has 2 aliphatic rings. The van der Waals surface area contributed by atoms with Crippen LogP contribution in [0.2, 0.25) is 0 Å². The molecule has 2 fully saturated rings. The number of anilines is 1. The number of carbonyl (C=O) groups excluding carboxylic acids is 2. The lowest BCUT2D eigenvalue weighted by Gasteiger charge is -2.40. The van der Waals surface area contributed by atoms with Crippen LogP contribution in [0.1, 0.15) is 32.3 Å². The first-order valence-corrected chi connectivity index (χ1v) is 7.27. The molecule has 6 heteroatoms. The van der Waals surface area contributed by atoms with Crippen LogP contribution in [-0.4, -0.2) is 34.9 Å². The minimum absolute atomic E-state index is 0.144. The third-order valence-corrected chi connectivity index (χ3v) is 4.04. The van der Waals surface area contributed by atoms with E-state index in [4.69, 9.17) is 0 Å². The first-order chi connectivity index (χ1) is 9.96. The average molecular weight is 288 g/mol. The minimum Gasteiger partial charge on any atom is -0.333 e. The Morgan fingerprint density at radius 1 is 1.38 bits per heavy atom. The SMILES string of the molecule is CC1(C)C(=O)NC(=O)CN1c1ccc(CNC2CC2)cn1. The van der Waals surface area contributed by atoms with Crippen LogP contribution in [0.25, 0.3) is 0 Å². The molecule has 0 unspecified atom stereocenters. The van der Waals surface area contributed by atoms with Crippen LogP contribution in [0, 0.1) is 0 Å². The van der Waals surface area contributed by atoms with Crippen LogP contribution >= 0.6 is 0 Å². The molecule has 21 heavy (non-hydrogen) atoms. The molecule has 1 aliphatic carbocycles. The van der Waals surface area contributed by atoms with Gasteiger partial charge >= 0.3 is 0 Å².